The van der Waals surface area contributed by atoms with E-state index in [0.29, 0.717) is 17.0 Å². The van der Waals surface area contributed by atoms with E-state index in [9.17, 15) is 4.79 Å². The number of pyridine rings is 1. The third-order valence-corrected chi connectivity index (χ3v) is 3.05. The van der Waals surface area contributed by atoms with Crippen LogP contribution >= 0.6 is 0 Å². The lowest BCUT2D eigenvalue weighted by atomic mass is 10.1. The quantitative estimate of drug-likeness (QED) is 0.405. The molecule has 0 aliphatic carbocycles. The highest BCUT2D eigenvalue weighted by Gasteiger charge is 2.07. The third kappa shape index (κ3) is 3.54. The van der Waals surface area contributed by atoms with Crippen molar-refractivity contribution in [2.75, 3.05) is 7.11 Å². The van der Waals surface area contributed by atoms with Crippen molar-refractivity contribution in [3.63, 3.8) is 0 Å². The van der Waals surface area contributed by atoms with Gasteiger partial charge in [-0.15, -0.1) is 0 Å². The number of nitrogens with two attached hydrogens (primary N) is 1. The second-order valence-electron chi connectivity index (χ2n) is 4.51. The van der Waals surface area contributed by atoms with Gasteiger partial charge in [-0.3, -0.25) is 9.98 Å². The molecule has 1 aromatic heterocycles. The number of methoxy groups -OCH3 is 1. The molecule has 0 saturated carbocycles. The van der Waals surface area contributed by atoms with Gasteiger partial charge in [-0.2, -0.15) is 5.10 Å². The average molecular weight is 296 g/mol. The summed E-state index contributed by atoms with van der Waals surface area (Å²) in [7, 11) is 1.34. The smallest absolute Gasteiger partial charge is 0.337 e. The topological polar surface area (TPSA) is 89.9 Å². The van der Waals surface area contributed by atoms with Crippen molar-refractivity contribution in [2.45, 2.75) is 6.92 Å². The zero-order chi connectivity index (χ0) is 15.9. The molecule has 2 rings (SSSR count). The van der Waals surface area contributed by atoms with E-state index < -0.39 is 5.97 Å². The Morgan fingerprint density at radius 1 is 1.32 bits per heavy atom. The van der Waals surface area contributed by atoms with Crippen molar-refractivity contribution in [2.24, 2.45) is 15.9 Å². The van der Waals surface area contributed by atoms with Crippen LogP contribution in [0.3, 0.4) is 0 Å². The van der Waals surface area contributed by atoms with Crippen molar-refractivity contribution in [3.05, 3.63) is 59.4 Å². The summed E-state index contributed by atoms with van der Waals surface area (Å²) in [5, 5.41) is 3.71. The summed E-state index contributed by atoms with van der Waals surface area (Å²) in [6.45, 7) is 1.90. The van der Waals surface area contributed by atoms with Gasteiger partial charge < -0.3 is 10.6 Å². The minimum atomic E-state index is -0.406. The van der Waals surface area contributed by atoms with Crippen LogP contribution in [-0.4, -0.2) is 30.0 Å². The van der Waals surface area contributed by atoms with Crippen molar-refractivity contribution in [1.82, 2.24) is 4.98 Å². The maximum atomic E-state index is 11.6. The van der Waals surface area contributed by atoms with Gasteiger partial charge in [-0.25, -0.2) is 4.79 Å². The molecule has 0 spiro atoms. The zero-order valence-electron chi connectivity index (χ0n) is 12.4. The molecule has 0 aliphatic rings. The van der Waals surface area contributed by atoms with Crippen molar-refractivity contribution in [3.8, 4) is 0 Å². The highest BCUT2D eigenvalue weighted by Crippen LogP contribution is 2.20. The van der Waals surface area contributed by atoms with Crippen LogP contribution in [0.15, 0.2) is 52.8 Å². The number of rotatable bonds is 4. The molecule has 0 aliphatic heterocycles. The van der Waals surface area contributed by atoms with E-state index in [2.05, 4.69) is 15.1 Å². The van der Waals surface area contributed by atoms with Gasteiger partial charge in [0.2, 0.25) is 0 Å². The van der Waals surface area contributed by atoms with Crippen LogP contribution in [0, 0.1) is 6.92 Å². The number of nitrogens with zero attached hydrogens (tertiary/aromatic N) is 3. The average Bonchev–Trinajstić information content (AvgIpc) is 2.57. The fourth-order valence-corrected chi connectivity index (χ4v) is 1.82. The first-order valence-corrected chi connectivity index (χ1v) is 6.57. The Bertz CT molecular complexity index is 724. The van der Waals surface area contributed by atoms with Crippen LogP contribution < -0.4 is 5.84 Å². The van der Waals surface area contributed by atoms with E-state index in [4.69, 9.17) is 10.6 Å². The lowest BCUT2D eigenvalue weighted by Crippen LogP contribution is -2.06. The largest absolute Gasteiger partial charge is 0.465 e. The van der Waals surface area contributed by atoms with Gasteiger partial charge in [0.15, 0.2) is 0 Å². The second kappa shape index (κ2) is 7.12. The predicted molar refractivity (Wildman–Crippen MR) is 85.6 cm³/mol. The maximum absolute atomic E-state index is 11.6. The van der Waals surface area contributed by atoms with Gasteiger partial charge in [0, 0.05) is 18.0 Å². The minimum absolute atomic E-state index is 0.406. The first-order chi connectivity index (χ1) is 10.7. The third-order valence-electron chi connectivity index (χ3n) is 3.05. The molecule has 0 bridgehead atoms. The number of hydrogen-bond acceptors (Lipinski definition) is 6. The molecule has 0 saturated heterocycles. The van der Waals surface area contributed by atoms with E-state index >= 15 is 0 Å². The molecule has 2 N–H and O–H groups in total. The molecule has 6 nitrogen and oxygen atoms in total. The van der Waals surface area contributed by atoms with Gasteiger partial charge in [-0.05, 0) is 36.8 Å². The van der Waals surface area contributed by atoms with E-state index in [-0.39, 0.29) is 0 Å². The Kier molecular flexibility index (Phi) is 4.98. The number of aryl methyl sites for hydroxylation is 1. The van der Waals surface area contributed by atoms with Crippen LogP contribution in [0.2, 0.25) is 0 Å². The molecule has 1 heterocycles. The number of benzene rings is 1. The summed E-state index contributed by atoms with van der Waals surface area (Å²) < 4.78 is 4.70. The number of aromatic nitrogens is 1. The van der Waals surface area contributed by atoms with E-state index in [0.717, 1.165) is 11.1 Å². The van der Waals surface area contributed by atoms with Crippen LogP contribution in [0.25, 0.3) is 0 Å². The van der Waals surface area contributed by atoms with Gasteiger partial charge in [0.1, 0.15) is 5.71 Å². The van der Waals surface area contributed by atoms with Crippen molar-refractivity contribution < 1.29 is 9.53 Å². The van der Waals surface area contributed by atoms with Crippen LogP contribution in [0.4, 0.5) is 5.69 Å². The first-order valence-electron chi connectivity index (χ1n) is 6.57. The van der Waals surface area contributed by atoms with Crippen LogP contribution in [-0.2, 0) is 4.74 Å². The zero-order valence-corrected chi connectivity index (χ0v) is 12.4. The van der Waals surface area contributed by atoms with Crippen molar-refractivity contribution in [1.29, 1.82) is 0 Å². The fourth-order valence-electron chi connectivity index (χ4n) is 1.82. The second-order valence-corrected chi connectivity index (χ2v) is 4.51. The highest BCUT2D eigenvalue weighted by molar-refractivity contribution is 6.38. The highest BCUT2D eigenvalue weighted by atomic mass is 16.5. The summed E-state index contributed by atoms with van der Waals surface area (Å²) in [5.74, 6) is 5.00. The maximum Gasteiger partial charge on any atom is 0.337 e. The summed E-state index contributed by atoms with van der Waals surface area (Å²) in [6, 6.07) is 8.79. The van der Waals surface area contributed by atoms with Gasteiger partial charge in [0.05, 0.1) is 24.6 Å². The molecule has 0 amide bonds. The Morgan fingerprint density at radius 2 is 2.14 bits per heavy atom. The Labute approximate surface area is 128 Å². The van der Waals surface area contributed by atoms with E-state index in [1.54, 1.807) is 36.8 Å². The number of ether oxygens (including phenoxy) is 1. The summed E-state index contributed by atoms with van der Waals surface area (Å²) in [5.41, 5.74) is 3.26. The van der Waals surface area contributed by atoms with Gasteiger partial charge in [0.25, 0.3) is 0 Å². The lowest BCUT2D eigenvalue weighted by molar-refractivity contribution is 0.0601. The molecule has 0 fully saturated rings. The number of hydrogen-bond donors (Lipinski definition) is 1. The van der Waals surface area contributed by atoms with Gasteiger partial charge in [-0.1, -0.05) is 6.07 Å². The molecular weight excluding hydrogens is 280 g/mol. The number of esters is 1. The molecule has 0 atom stereocenters. The summed E-state index contributed by atoms with van der Waals surface area (Å²) in [4.78, 5) is 19.9. The predicted octanol–water partition coefficient (Wildman–Crippen LogP) is 2.24. The molecule has 0 radical (unpaired) electrons. The van der Waals surface area contributed by atoms with Crippen LogP contribution in [0.5, 0.6) is 0 Å². The standard InChI is InChI=1S/C16H16N4O2/c1-11-5-6-12(16(21)22-2)8-14(11)19-10-15(20-17)13-4-3-7-18-9-13/h3-10H,17H2,1-2H3. The van der Waals surface area contributed by atoms with E-state index in [1.807, 2.05) is 19.1 Å². The van der Waals surface area contributed by atoms with E-state index in [1.165, 1.54) is 7.11 Å². The molecule has 22 heavy (non-hydrogen) atoms. The molecule has 1 aromatic carbocycles. The molecule has 112 valence electrons. The SMILES string of the molecule is COC(=O)c1ccc(C)c(N=CC(=NN)c2cccnc2)c1. The monoisotopic (exact) mass is 296 g/mol. The first kappa shape index (κ1) is 15.4. The number of hydrazone groups is 1. The van der Waals surface area contributed by atoms with Crippen LogP contribution in [0.1, 0.15) is 21.5 Å². The van der Waals surface area contributed by atoms with Gasteiger partial charge >= 0.3 is 5.97 Å². The fraction of sp³-hybridized carbons (Fsp3) is 0.125. The number of aliphatic imine (C=N–C) groups is 1. The minimum Gasteiger partial charge on any atom is -0.465 e. The van der Waals surface area contributed by atoms with Crippen molar-refractivity contribution >= 4 is 23.6 Å². The normalized spacial score (nSPS) is 11.6. The molecule has 0 unspecified atom stereocenters. The molecule has 6 heteroatoms. The lowest BCUT2D eigenvalue weighted by Gasteiger charge is -2.04. The molecular formula is C16H16N4O2. The Hall–Kier alpha value is -3.02. The molecule has 2 aromatic rings. The summed E-state index contributed by atoms with van der Waals surface area (Å²) in [6.07, 6.45) is 4.86. The Balaban J connectivity index is 2.31. The number of carbonyl (C=O) groups is 1. The summed E-state index contributed by atoms with van der Waals surface area (Å²) >= 11 is 0. The Morgan fingerprint density at radius 3 is 2.77 bits per heavy atom. The number of carbonyl (C=O) groups excluding carboxylic acids is 1.